The Labute approximate surface area is 178 Å². The van der Waals surface area contributed by atoms with Crippen LogP contribution >= 0.6 is 0 Å². The van der Waals surface area contributed by atoms with Gasteiger partial charge >= 0.3 is 6.18 Å². The second kappa shape index (κ2) is 7.95. The van der Waals surface area contributed by atoms with E-state index in [9.17, 15) is 18.0 Å². The van der Waals surface area contributed by atoms with Gasteiger partial charge in [0.1, 0.15) is 5.69 Å². The zero-order valence-electron chi connectivity index (χ0n) is 16.4. The van der Waals surface area contributed by atoms with E-state index >= 15 is 0 Å². The van der Waals surface area contributed by atoms with Crippen molar-refractivity contribution >= 4 is 11.6 Å². The summed E-state index contributed by atoms with van der Waals surface area (Å²) >= 11 is 0. The lowest BCUT2D eigenvalue weighted by atomic mass is 10.2. The van der Waals surface area contributed by atoms with Gasteiger partial charge in [-0.15, -0.1) is 5.10 Å². The van der Waals surface area contributed by atoms with E-state index in [-0.39, 0.29) is 16.9 Å². The monoisotopic (exact) mass is 438 g/mol. The van der Waals surface area contributed by atoms with Gasteiger partial charge < -0.3 is 5.32 Å². The Bertz CT molecular complexity index is 1330. The maximum absolute atomic E-state index is 13.3. The standard InChI is InChI=1S/C20H13F3N8O/c1-12-26-28-29-30(12)15-7-5-14(6-8-15)25-19(32)17-10-18(20(21,22)23)27-31(17)16-4-2-3-13(9-16)11-24/h2-10H,1H3,(H,25,32). The highest BCUT2D eigenvalue weighted by atomic mass is 19.4. The molecule has 1 N–H and O–H groups in total. The first-order valence-corrected chi connectivity index (χ1v) is 9.11. The van der Waals surface area contributed by atoms with Crippen molar-refractivity contribution in [2.24, 2.45) is 0 Å². The van der Waals surface area contributed by atoms with Crippen LogP contribution in [0.2, 0.25) is 0 Å². The van der Waals surface area contributed by atoms with E-state index in [0.717, 1.165) is 4.68 Å². The number of tetrazole rings is 1. The van der Waals surface area contributed by atoms with Crippen LogP contribution in [0.25, 0.3) is 11.4 Å². The van der Waals surface area contributed by atoms with Gasteiger partial charge in [-0.25, -0.2) is 4.68 Å². The molecule has 0 bridgehead atoms. The second-order valence-corrected chi connectivity index (χ2v) is 6.63. The van der Waals surface area contributed by atoms with Crippen LogP contribution < -0.4 is 5.32 Å². The molecule has 0 saturated carbocycles. The average molecular weight is 438 g/mol. The lowest BCUT2D eigenvalue weighted by Gasteiger charge is -2.09. The molecule has 2 aromatic heterocycles. The van der Waals surface area contributed by atoms with E-state index in [2.05, 4.69) is 25.9 Å². The third-order valence-corrected chi connectivity index (χ3v) is 4.45. The van der Waals surface area contributed by atoms with E-state index in [1.54, 1.807) is 31.2 Å². The number of benzene rings is 2. The first-order valence-electron chi connectivity index (χ1n) is 9.11. The number of hydrogen-bond acceptors (Lipinski definition) is 6. The Morgan fingerprint density at radius 3 is 2.44 bits per heavy atom. The lowest BCUT2D eigenvalue weighted by Crippen LogP contribution is -2.17. The number of halogens is 3. The van der Waals surface area contributed by atoms with Crippen molar-refractivity contribution < 1.29 is 18.0 Å². The highest BCUT2D eigenvalue weighted by Crippen LogP contribution is 2.30. The summed E-state index contributed by atoms with van der Waals surface area (Å²) in [6, 6.07) is 14.8. The zero-order chi connectivity index (χ0) is 22.9. The number of nitrogens with zero attached hydrogens (tertiary/aromatic N) is 7. The number of alkyl halides is 3. The van der Waals surface area contributed by atoms with Crippen molar-refractivity contribution in [2.75, 3.05) is 5.32 Å². The first kappa shape index (κ1) is 20.7. The molecule has 0 aliphatic heterocycles. The number of carbonyl (C=O) groups is 1. The van der Waals surface area contributed by atoms with E-state index in [1.807, 2.05) is 6.07 Å². The fourth-order valence-corrected chi connectivity index (χ4v) is 2.94. The summed E-state index contributed by atoms with van der Waals surface area (Å²) in [6.07, 6.45) is -4.75. The van der Waals surface area contributed by atoms with Gasteiger partial charge in [-0.3, -0.25) is 4.79 Å². The molecule has 0 fully saturated rings. The highest BCUT2D eigenvalue weighted by Gasteiger charge is 2.36. The number of carbonyl (C=O) groups excluding carboxylic acids is 1. The second-order valence-electron chi connectivity index (χ2n) is 6.63. The van der Waals surface area contributed by atoms with Gasteiger partial charge in [0.2, 0.25) is 0 Å². The van der Waals surface area contributed by atoms with Crippen LogP contribution in [0, 0.1) is 18.3 Å². The average Bonchev–Trinajstić information content (AvgIpc) is 3.41. The Morgan fingerprint density at radius 1 is 1.06 bits per heavy atom. The number of aryl methyl sites for hydroxylation is 1. The topological polar surface area (TPSA) is 114 Å². The van der Waals surface area contributed by atoms with Gasteiger partial charge in [0.05, 0.1) is 23.0 Å². The molecular formula is C20H13F3N8O. The molecule has 9 nitrogen and oxygen atoms in total. The van der Waals surface area contributed by atoms with Crippen molar-refractivity contribution in [1.29, 1.82) is 5.26 Å². The fourth-order valence-electron chi connectivity index (χ4n) is 2.94. The van der Waals surface area contributed by atoms with Crippen LogP contribution in [0.3, 0.4) is 0 Å². The zero-order valence-corrected chi connectivity index (χ0v) is 16.4. The minimum atomic E-state index is -4.75. The minimum absolute atomic E-state index is 0.147. The summed E-state index contributed by atoms with van der Waals surface area (Å²) < 4.78 is 42.1. The maximum Gasteiger partial charge on any atom is 0.435 e. The number of nitriles is 1. The molecule has 0 unspecified atom stereocenters. The molecule has 12 heteroatoms. The predicted molar refractivity (Wildman–Crippen MR) is 105 cm³/mol. The molecule has 0 saturated heterocycles. The molecule has 4 rings (SSSR count). The van der Waals surface area contributed by atoms with E-state index in [4.69, 9.17) is 5.26 Å². The summed E-state index contributed by atoms with van der Waals surface area (Å²) in [6.45, 7) is 1.72. The minimum Gasteiger partial charge on any atom is -0.321 e. The van der Waals surface area contributed by atoms with Crippen molar-refractivity contribution in [2.45, 2.75) is 13.1 Å². The summed E-state index contributed by atoms with van der Waals surface area (Å²) in [5.41, 5.74) is -0.220. The summed E-state index contributed by atoms with van der Waals surface area (Å²) in [7, 11) is 0. The Hall–Kier alpha value is -4.53. The van der Waals surface area contributed by atoms with Crippen LogP contribution in [0.4, 0.5) is 18.9 Å². The first-order chi connectivity index (χ1) is 15.3. The van der Waals surface area contributed by atoms with Gasteiger partial charge in [-0.1, -0.05) is 6.07 Å². The quantitative estimate of drug-likeness (QED) is 0.523. The van der Waals surface area contributed by atoms with Crippen LogP contribution in [-0.4, -0.2) is 35.9 Å². The Balaban J connectivity index is 1.66. The predicted octanol–water partition coefficient (Wildman–Crippen LogP) is 3.30. The molecule has 0 atom stereocenters. The molecular weight excluding hydrogens is 425 g/mol. The van der Waals surface area contributed by atoms with Crippen LogP contribution in [0.1, 0.15) is 27.6 Å². The molecule has 32 heavy (non-hydrogen) atoms. The van der Waals surface area contributed by atoms with Crippen molar-refractivity contribution in [3.63, 3.8) is 0 Å². The van der Waals surface area contributed by atoms with E-state index < -0.39 is 17.8 Å². The third-order valence-electron chi connectivity index (χ3n) is 4.45. The van der Waals surface area contributed by atoms with Gasteiger partial charge in [-0.05, 0) is 59.8 Å². The van der Waals surface area contributed by atoms with Crippen LogP contribution in [0.5, 0.6) is 0 Å². The Kier molecular flexibility index (Phi) is 5.15. The molecule has 0 aliphatic carbocycles. The van der Waals surface area contributed by atoms with E-state index in [0.29, 0.717) is 23.3 Å². The molecule has 2 heterocycles. The van der Waals surface area contributed by atoms with Gasteiger partial charge in [-0.2, -0.15) is 28.2 Å². The molecule has 1 amide bonds. The largest absolute Gasteiger partial charge is 0.435 e. The number of anilines is 1. The molecule has 160 valence electrons. The van der Waals surface area contributed by atoms with E-state index in [1.165, 1.54) is 28.9 Å². The smallest absolute Gasteiger partial charge is 0.321 e. The number of nitrogens with one attached hydrogen (secondary N) is 1. The van der Waals surface area contributed by atoms with Gasteiger partial charge in [0, 0.05) is 11.8 Å². The SMILES string of the molecule is Cc1nnnn1-c1ccc(NC(=O)c2cc(C(F)(F)F)nn2-c2cccc(C#N)c2)cc1. The molecule has 4 aromatic rings. The molecule has 0 aliphatic rings. The van der Waals surface area contributed by atoms with Crippen molar-refractivity contribution in [3.8, 4) is 17.4 Å². The molecule has 2 aromatic carbocycles. The summed E-state index contributed by atoms with van der Waals surface area (Å²) in [5, 5.41) is 26.3. The lowest BCUT2D eigenvalue weighted by molar-refractivity contribution is -0.141. The maximum atomic E-state index is 13.3. The van der Waals surface area contributed by atoms with Gasteiger partial charge in [0.25, 0.3) is 5.91 Å². The normalized spacial score (nSPS) is 11.2. The van der Waals surface area contributed by atoms with Gasteiger partial charge in [0.15, 0.2) is 11.5 Å². The molecule has 0 radical (unpaired) electrons. The summed E-state index contributed by atoms with van der Waals surface area (Å²) in [4.78, 5) is 12.8. The van der Waals surface area contributed by atoms with Crippen molar-refractivity contribution in [3.05, 3.63) is 77.4 Å². The summed E-state index contributed by atoms with van der Waals surface area (Å²) in [5.74, 6) is -0.244. The van der Waals surface area contributed by atoms with Crippen LogP contribution in [0.15, 0.2) is 54.6 Å². The highest BCUT2D eigenvalue weighted by molar-refractivity contribution is 6.03. The third kappa shape index (κ3) is 4.04. The fraction of sp³-hybridized carbons (Fsp3) is 0.100. The van der Waals surface area contributed by atoms with Crippen molar-refractivity contribution in [1.82, 2.24) is 30.0 Å². The Morgan fingerprint density at radius 2 is 1.81 bits per heavy atom. The number of hydrogen-bond donors (Lipinski definition) is 1. The number of amides is 1. The van der Waals surface area contributed by atoms with Crippen LogP contribution in [-0.2, 0) is 6.18 Å². The molecule has 0 spiro atoms. The number of rotatable bonds is 4. The number of aromatic nitrogens is 6.